The van der Waals surface area contributed by atoms with Crippen LogP contribution in [0.1, 0.15) is 19.5 Å². The number of ether oxygens (including phenoxy) is 2. The summed E-state index contributed by atoms with van der Waals surface area (Å²) >= 11 is 6.38. The van der Waals surface area contributed by atoms with Crippen molar-refractivity contribution in [1.82, 2.24) is 4.98 Å². The van der Waals surface area contributed by atoms with Crippen molar-refractivity contribution in [2.75, 3.05) is 14.2 Å². The van der Waals surface area contributed by atoms with E-state index in [1.807, 2.05) is 18.2 Å². The number of rotatable bonds is 4. The van der Waals surface area contributed by atoms with Gasteiger partial charge in [-0.3, -0.25) is 0 Å². The van der Waals surface area contributed by atoms with Gasteiger partial charge in [0.25, 0.3) is 0 Å². The third kappa shape index (κ3) is 2.76. The fourth-order valence-electron chi connectivity index (χ4n) is 2.15. The molecule has 0 saturated heterocycles. The summed E-state index contributed by atoms with van der Waals surface area (Å²) < 4.78 is 10.7. The average molecular weight is 280 g/mol. The minimum atomic E-state index is 0.526. The van der Waals surface area contributed by atoms with Gasteiger partial charge in [0.15, 0.2) is 0 Å². The molecule has 0 saturated carbocycles. The van der Waals surface area contributed by atoms with Gasteiger partial charge >= 0.3 is 0 Å². The zero-order valence-corrected chi connectivity index (χ0v) is 12.4. The zero-order valence-electron chi connectivity index (χ0n) is 11.7. The maximum Gasteiger partial charge on any atom is 0.145 e. The first kappa shape index (κ1) is 13.9. The lowest BCUT2D eigenvalue weighted by molar-refractivity contribution is 0.409. The summed E-state index contributed by atoms with van der Waals surface area (Å²) in [4.78, 5) is 4.67. The number of fused-ring (bicyclic) bond motifs is 1. The van der Waals surface area contributed by atoms with E-state index >= 15 is 0 Å². The molecule has 3 nitrogen and oxygen atoms in total. The van der Waals surface area contributed by atoms with E-state index in [1.54, 1.807) is 14.2 Å². The van der Waals surface area contributed by atoms with Gasteiger partial charge in [-0.15, -0.1) is 0 Å². The molecule has 102 valence electrons. The van der Waals surface area contributed by atoms with Crippen LogP contribution < -0.4 is 9.47 Å². The van der Waals surface area contributed by atoms with E-state index in [-0.39, 0.29) is 0 Å². The van der Waals surface area contributed by atoms with E-state index in [4.69, 9.17) is 21.1 Å². The van der Waals surface area contributed by atoms with Gasteiger partial charge < -0.3 is 9.47 Å². The number of aromatic nitrogens is 1. The van der Waals surface area contributed by atoms with Crippen molar-refractivity contribution in [3.8, 4) is 11.5 Å². The second kappa shape index (κ2) is 5.66. The molecule has 0 aliphatic carbocycles. The number of benzene rings is 1. The number of nitrogens with zero attached hydrogens (tertiary/aromatic N) is 1. The van der Waals surface area contributed by atoms with Crippen LogP contribution in [0.5, 0.6) is 11.5 Å². The van der Waals surface area contributed by atoms with Crippen LogP contribution in [0, 0.1) is 5.92 Å². The van der Waals surface area contributed by atoms with E-state index in [0.29, 0.717) is 22.4 Å². The molecule has 2 aromatic rings. The Morgan fingerprint density at radius 1 is 1.16 bits per heavy atom. The second-order valence-electron chi connectivity index (χ2n) is 4.89. The highest BCUT2D eigenvalue weighted by Crippen LogP contribution is 2.37. The van der Waals surface area contributed by atoms with Crippen LogP contribution in [0.3, 0.4) is 0 Å². The smallest absolute Gasteiger partial charge is 0.145 e. The zero-order chi connectivity index (χ0) is 14.0. The molecule has 0 atom stereocenters. The van der Waals surface area contributed by atoms with Crippen molar-refractivity contribution >= 4 is 22.5 Å². The van der Waals surface area contributed by atoms with Crippen LogP contribution in [0.2, 0.25) is 5.02 Å². The first-order chi connectivity index (χ1) is 9.06. The normalized spacial score (nSPS) is 11.1. The van der Waals surface area contributed by atoms with Crippen molar-refractivity contribution in [2.24, 2.45) is 5.92 Å². The van der Waals surface area contributed by atoms with Crippen LogP contribution in [-0.4, -0.2) is 19.2 Å². The molecule has 0 spiro atoms. The van der Waals surface area contributed by atoms with Crippen molar-refractivity contribution in [1.29, 1.82) is 0 Å². The Morgan fingerprint density at radius 3 is 2.37 bits per heavy atom. The third-order valence-electron chi connectivity index (χ3n) is 2.95. The molecule has 0 aliphatic rings. The molecule has 0 aliphatic heterocycles. The number of hydrogen-bond donors (Lipinski definition) is 0. The van der Waals surface area contributed by atoms with E-state index < -0.39 is 0 Å². The summed E-state index contributed by atoms with van der Waals surface area (Å²) in [5, 5.41) is 1.45. The molecule has 0 amide bonds. The lowest BCUT2D eigenvalue weighted by Gasteiger charge is -2.13. The van der Waals surface area contributed by atoms with Crippen LogP contribution >= 0.6 is 11.6 Å². The summed E-state index contributed by atoms with van der Waals surface area (Å²) in [5.74, 6) is 1.95. The Morgan fingerprint density at radius 2 is 1.79 bits per heavy atom. The highest BCUT2D eigenvalue weighted by atomic mass is 35.5. The lowest BCUT2D eigenvalue weighted by Crippen LogP contribution is -2.00. The maximum absolute atomic E-state index is 6.38. The van der Waals surface area contributed by atoms with Crippen molar-refractivity contribution in [3.63, 3.8) is 0 Å². The SMILES string of the molecule is COc1ccc(OC)c2c(Cl)cc(CC(C)C)nc12. The molecule has 1 heterocycles. The Balaban J connectivity index is 2.70. The quantitative estimate of drug-likeness (QED) is 0.844. The second-order valence-corrected chi connectivity index (χ2v) is 5.29. The van der Waals surface area contributed by atoms with E-state index in [2.05, 4.69) is 18.8 Å². The van der Waals surface area contributed by atoms with Gasteiger partial charge in [-0.05, 0) is 30.5 Å². The Hall–Kier alpha value is -1.48. The molecule has 19 heavy (non-hydrogen) atoms. The van der Waals surface area contributed by atoms with Crippen LogP contribution in [0.4, 0.5) is 0 Å². The molecule has 0 radical (unpaired) electrons. The van der Waals surface area contributed by atoms with E-state index in [1.165, 1.54) is 0 Å². The fourth-order valence-corrected chi connectivity index (χ4v) is 2.46. The van der Waals surface area contributed by atoms with E-state index in [0.717, 1.165) is 23.0 Å². The van der Waals surface area contributed by atoms with Gasteiger partial charge in [0.05, 0.1) is 24.6 Å². The summed E-state index contributed by atoms with van der Waals surface area (Å²) in [6.07, 6.45) is 0.885. The molecule has 2 rings (SSSR count). The van der Waals surface area contributed by atoms with Gasteiger partial charge in [0.1, 0.15) is 17.0 Å². The number of methoxy groups -OCH3 is 2. The summed E-state index contributed by atoms with van der Waals surface area (Å²) in [6, 6.07) is 5.60. The maximum atomic E-state index is 6.38. The molecule has 0 fully saturated rings. The topological polar surface area (TPSA) is 31.4 Å². The molecule has 0 unspecified atom stereocenters. The minimum Gasteiger partial charge on any atom is -0.496 e. The monoisotopic (exact) mass is 279 g/mol. The van der Waals surface area contributed by atoms with Gasteiger partial charge in [-0.2, -0.15) is 0 Å². The standard InChI is InChI=1S/C15H18ClNO2/c1-9(2)7-10-8-11(16)14-12(18-3)5-6-13(19-4)15(14)17-10/h5-6,8-9H,7H2,1-4H3. The molecular formula is C15H18ClNO2. The lowest BCUT2D eigenvalue weighted by atomic mass is 10.1. The minimum absolute atomic E-state index is 0.526. The molecular weight excluding hydrogens is 262 g/mol. The van der Waals surface area contributed by atoms with Gasteiger partial charge in [0.2, 0.25) is 0 Å². The van der Waals surface area contributed by atoms with Crippen LogP contribution in [0.15, 0.2) is 18.2 Å². The molecule has 4 heteroatoms. The number of pyridine rings is 1. The summed E-state index contributed by atoms with van der Waals surface area (Å²) in [5.41, 5.74) is 1.73. The average Bonchev–Trinajstić information content (AvgIpc) is 2.36. The highest BCUT2D eigenvalue weighted by Gasteiger charge is 2.14. The largest absolute Gasteiger partial charge is 0.496 e. The number of halogens is 1. The van der Waals surface area contributed by atoms with Crippen LogP contribution in [-0.2, 0) is 6.42 Å². The van der Waals surface area contributed by atoms with Gasteiger partial charge in [-0.25, -0.2) is 4.98 Å². The fraction of sp³-hybridized carbons (Fsp3) is 0.400. The summed E-state index contributed by atoms with van der Waals surface area (Å²) in [6.45, 7) is 4.31. The van der Waals surface area contributed by atoms with Crippen molar-refractivity contribution < 1.29 is 9.47 Å². The molecule has 0 N–H and O–H groups in total. The van der Waals surface area contributed by atoms with Crippen molar-refractivity contribution in [3.05, 3.63) is 28.9 Å². The van der Waals surface area contributed by atoms with Gasteiger partial charge in [-0.1, -0.05) is 25.4 Å². The molecule has 1 aromatic carbocycles. The van der Waals surface area contributed by atoms with Crippen molar-refractivity contribution in [2.45, 2.75) is 20.3 Å². The number of hydrogen-bond acceptors (Lipinski definition) is 3. The van der Waals surface area contributed by atoms with Gasteiger partial charge in [0, 0.05) is 5.69 Å². The predicted molar refractivity (Wildman–Crippen MR) is 78.4 cm³/mol. The first-order valence-electron chi connectivity index (χ1n) is 6.27. The third-order valence-corrected chi connectivity index (χ3v) is 3.25. The predicted octanol–water partition coefficient (Wildman–Crippen LogP) is 4.10. The Labute approximate surface area is 118 Å². The first-order valence-corrected chi connectivity index (χ1v) is 6.64. The Bertz CT molecular complexity index is 596. The summed E-state index contributed by atoms with van der Waals surface area (Å²) in [7, 11) is 3.26. The molecule has 0 bridgehead atoms. The van der Waals surface area contributed by atoms with Crippen LogP contribution in [0.25, 0.3) is 10.9 Å². The highest BCUT2D eigenvalue weighted by molar-refractivity contribution is 6.36. The van der Waals surface area contributed by atoms with E-state index in [9.17, 15) is 0 Å². The Kier molecular flexibility index (Phi) is 4.15. The molecule has 1 aromatic heterocycles.